The van der Waals surface area contributed by atoms with Crippen LogP contribution in [-0.2, 0) is 11.2 Å². The molecule has 1 heterocycles. The summed E-state index contributed by atoms with van der Waals surface area (Å²) in [6.45, 7) is 0. The normalized spacial score (nSPS) is 19.9. The first kappa shape index (κ1) is 13.2. The number of halogens is 1. The largest absolute Gasteiger partial charge is 0.606 e. The lowest BCUT2D eigenvalue weighted by atomic mass is 10.1. The lowest BCUT2D eigenvalue weighted by Crippen LogP contribution is -2.11. The number of nitrogens with two attached hydrogens (primary N) is 1. The summed E-state index contributed by atoms with van der Waals surface area (Å²) in [6, 6.07) is 13.6. The van der Waals surface area contributed by atoms with Crippen LogP contribution in [0.5, 0.6) is 0 Å². The Kier molecular flexibility index (Phi) is 3.30. The zero-order valence-electron chi connectivity index (χ0n) is 10.3. The van der Waals surface area contributed by atoms with Gasteiger partial charge in [0.25, 0.3) is 0 Å². The van der Waals surface area contributed by atoms with Crippen LogP contribution in [0.1, 0.15) is 15.9 Å². The summed E-state index contributed by atoms with van der Waals surface area (Å²) in [5.41, 5.74) is 7.36. The number of benzene rings is 2. The molecule has 1 unspecified atom stereocenters. The van der Waals surface area contributed by atoms with Crippen molar-refractivity contribution in [3.05, 3.63) is 69.6 Å². The monoisotopic (exact) mass is 303 g/mol. The van der Waals surface area contributed by atoms with Crippen molar-refractivity contribution in [1.82, 2.24) is 0 Å². The number of carbonyl (C=O) groups excluding carboxylic acids is 1. The van der Waals surface area contributed by atoms with Crippen molar-refractivity contribution in [3.8, 4) is 0 Å². The van der Waals surface area contributed by atoms with E-state index in [0.717, 1.165) is 0 Å². The van der Waals surface area contributed by atoms with E-state index in [1.165, 1.54) is 0 Å². The molecule has 1 atom stereocenters. The fraction of sp³-hybridized carbons (Fsp3) is 0. The van der Waals surface area contributed by atoms with Crippen LogP contribution >= 0.6 is 11.6 Å². The van der Waals surface area contributed by atoms with Gasteiger partial charge < -0.3 is 10.3 Å². The molecule has 2 aromatic rings. The van der Waals surface area contributed by atoms with Crippen molar-refractivity contribution >= 4 is 34.3 Å². The molecule has 1 aliphatic heterocycles. The minimum Gasteiger partial charge on any atom is -0.606 e. The number of hydrogen-bond acceptors (Lipinski definition) is 3. The van der Waals surface area contributed by atoms with Crippen LogP contribution < -0.4 is 5.73 Å². The van der Waals surface area contributed by atoms with E-state index in [-0.39, 0.29) is 16.4 Å². The van der Waals surface area contributed by atoms with Crippen molar-refractivity contribution in [2.75, 3.05) is 0 Å². The predicted octanol–water partition coefficient (Wildman–Crippen LogP) is 2.97. The van der Waals surface area contributed by atoms with E-state index in [1.807, 2.05) is 0 Å². The van der Waals surface area contributed by atoms with Crippen LogP contribution in [0.25, 0.3) is 5.70 Å². The summed E-state index contributed by atoms with van der Waals surface area (Å²) in [5.74, 6) is -0.272. The topological polar surface area (TPSA) is 66.2 Å². The molecule has 0 fully saturated rings. The Morgan fingerprint density at radius 1 is 1.10 bits per heavy atom. The van der Waals surface area contributed by atoms with E-state index < -0.39 is 11.2 Å². The summed E-state index contributed by atoms with van der Waals surface area (Å²) in [6.07, 6.45) is 0. The zero-order chi connectivity index (χ0) is 14.3. The molecular weight excluding hydrogens is 294 g/mol. The molecule has 0 spiro atoms. The zero-order valence-corrected chi connectivity index (χ0v) is 11.9. The average Bonchev–Trinajstić information content (AvgIpc) is 2.72. The van der Waals surface area contributed by atoms with Crippen molar-refractivity contribution in [2.24, 2.45) is 5.73 Å². The van der Waals surface area contributed by atoms with Crippen molar-refractivity contribution < 1.29 is 9.35 Å². The van der Waals surface area contributed by atoms with Gasteiger partial charge in [0.2, 0.25) is 10.7 Å². The van der Waals surface area contributed by atoms with Crippen LogP contribution in [-0.4, -0.2) is 10.3 Å². The first-order chi connectivity index (χ1) is 9.59. The van der Waals surface area contributed by atoms with Gasteiger partial charge in [-0.1, -0.05) is 35.9 Å². The van der Waals surface area contributed by atoms with Gasteiger partial charge in [-0.15, -0.1) is 0 Å². The lowest BCUT2D eigenvalue weighted by Gasteiger charge is -2.08. The second kappa shape index (κ2) is 4.98. The van der Waals surface area contributed by atoms with Gasteiger partial charge in [-0.05, 0) is 24.3 Å². The SMILES string of the molecule is NC(=C1C(=O)c2ccccc2[S+]1[O-])c1ccc(Cl)cc1. The molecule has 0 aliphatic carbocycles. The molecule has 100 valence electrons. The molecule has 2 aromatic carbocycles. The molecule has 3 nitrogen and oxygen atoms in total. The van der Waals surface area contributed by atoms with Gasteiger partial charge in [0.05, 0.1) is 11.3 Å². The second-order valence-electron chi connectivity index (χ2n) is 4.34. The highest BCUT2D eigenvalue weighted by Crippen LogP contribution is 2.36. The van der Waals surface area contributed by atoms with Gasteiger partial charge in [-0.3, -0.25) is 4.79 Å². The average molecular weight is 304 g/mol. The highest BCUT2D eigenvalue weighted by molar-refractivity contribution is 7.97. The summed E-state index contributed by atoms with van der Waals surface area (Å²) in [4.78, 5) is 13.0. The number of hydrogen-bond donors (Lipinski definition) is 1. The third-order valence-electron chi connectivity index (χ3n) is 3.12. The van der Waals surface area contributed by atoms with Crippen molar-refractivity contribution in [1.29, 1.82) is 0 Å². The molecule has 0 saturated heterocycles. The Bertz CT molecular complexity index is 725. The third-order valence-corrected chi connectivity index (χ3v) is 4.91. The molecule has 20 heavy (non-hydrogen) atoms. The van der Waals surface area contributed by atoms with E-state index in [4.69, 9.17) is 17.3 Å². The molecule has 0 saturated carbocycles. The molecule has 3 rings (SSSR count). The van der Waals surface area contributed by atoms with Crippen molar-refractivity contribution in [3.63, 3.8) is 0 Å². The van der Waals surface area contributed by atoms with Gasteiger partial charge in [0.15, 0.2) is 4.90 Å². The van der Waals surface area contributed by atoms with E-state index in [0.29, 0.717) is 21.0 Å². The maximum absolute atomic E-state index is 12.4. The smallest absolute Gasteiger partial charge is 0.248 e. The molecule has 1 aliphatic rings. The molecule has 5 heteroatoms. The Morgan fingerprint density at radius 2 is 1.75 bits per heavy atom. The highest BCUT2D eigenvalue weighted by Gasteiger charge is 2.41. The number of Topliss-reactive ketones (excluding diaryl/α,β-unsaturated/α-hetero) is 1. The summed E-state index contributed by atoms with van der Waals surface area (Å²) >= 11 is 4.29. The number of fused-ring (bicyclic) bond motifs is 1. The number of allylic oxidation sites excluding steroid dienone is 1. The van der Waals surface area contributed by atoms with Crippen LogP contribution in [0.15, 0.2) is 58.3 Å². The first-order valence-electron chi connectivity index (χ1n) is 5.91. The van der Waals surface area contributed by atoms with Gasteiger partial charge in [-0.2, -0.15) is 0 Å². The summed E-state index contributed by atoms with van der Waals surface area (Å²) in [5, 5.41) is 0.578. The van der Waals surface area contributed by atoms with Gasteiger partial charge in [0, 0.05) is 21.8 Å². The maximum Gasteiger partial charge on any atom is 0.248 e. The first-order valence-corrected chi connectivity index (χ1v) is 7.43. The second-order valence-corrected chi connectivity index (χ2v) is 6.17. The predicted molar refractivity (Wildman–Crippen MR) is 79.7 cm³/mol. The van der Waals surface area contributed by atoms with Crippen LogP contribution in [0.4, 0.5) is 0 Å². The molecule has 0 bridgehead atoms. The van der Waals surface area contributed by atoms with E-state index in [2.05, 4.69) is 0 Å². The standard InChI is InChI=1S/C15H10ClNO2S/c16-10-7-5-9(6-8-10)13(17)15-14(18)11-3-1-2-4-12(11)20(15)19/h1-8H,17H2. The van der Waals surface area contributed by atoms with Crippen LogP contribution in [0.2, 0.25) is 5.02 Å². The van der Waals surface area contributed by atoms with E-state index >= 15 is 0 Å². The molecular formula is C15H10ClNO2S. The molecule has 2 N–H and O–H groups in total. The van der Waals surface area contributed by atoms with Crippen LogP contribution in [0.3, 0.4) is 0 Å². The van der Waals surface area contributed by atoms with E-state index in [1.54, 1.807) is 48.5 Å². The van der Waals surface area contributed by atoms with Gasteiger partial charge >= 0.3 is 0 Å². The Labute approximate surface area is 124 Å². The Hall–Kier alpha value is -1.75. The van der Waals surface area contributed by atoms with Crippen LogP contribution in [0, 0.1) is 0 Å². The fourth-order valence-corrected chi connectivity index (χ4v) is 3.62. The highest BCUT2D eigenvalue weighted by atomic mass is 35.5. The van der Waals surface area contributed by atoms with Crippen molar-refractivity contribution in [2.45, 2.75) is 4.90 Å². The fourth-order valence-electron chi connectivity index (χ4n) is 2.12. The minimum atomic E-state index is -1.53. The quantitative estimate of drug-likeness (QED) is 0.650. The number of rotatable bonds is 1. The molecule has 0 radical (unpaired) electrons. The molecule has 0 amide bonds. The number of ketones is 1. The summed E-state index contributed by atoms with van der Waals surface area (Å²) < 4.78 is 12.4. The number of carbonyl (C=O) groups is 1. The lowest BCUT2D eigenvalue weighted by molar-refractivity contribution is 0.104. The Morgan fingerprint density at radius 3 is 2.40 bits per heavy atom. The molecule has 0 aromatic heterocycles. The third kappa shape index (κ3) is 2.02. The minimum absolute atomic E-state index is 0.147. The van der Waals surface area contributed by atoms with Gasteiger partial charge in [0.1, 0.15) is 0 Å². The van der Waals surface area contributed by atoms with E-state index in [9.17, 15) is 9.35 Å². The Balaban J connectivity index is 2.13. The van der Waals surface area contributed by atoms with Gasteiger partial charge in [-0.25, -0.2) is 0 Å². The maximum atomic E-state index is 12.4. The summed E-state index contributed by atoms with van der Waals surface area (Å²) in [7, 11) is 0.